The van der Waals surface area contributed by atoms with E-state index in [1.54, 1.807) is 19.1 Å². The average Bonchev–Trinajstić information content (AvgIpc) is 3.14. The highest BCUT2D eigenvalue weighted by Gasteiger charge is 2.61. The zero-order valence-electron chi connectivity index (χ0n) is 19.9. The number of phenolic OH excluding ortho intramolecular Hbond substituents is 1. The normalized spacial score (nSPS) is 39.5. The third-order valence-electron chi connectivity index (χ3n) is 7.16. The fraction of sp³-hybridized carbons (Fsp3) is 0.520. The predicted octanol–water partition coefficient (Wildman–Crippen LogP) is -1.04. The number of hydrogen-bond donors (Lipinski definition) is 6. The molecule has 1 aliphatic carbocycles. The van der Waals surface area contributed by atoms with Gasteiger partial charge < -0.3 is 49.6 Å². The van der Waals surface area contributed by atoms with Crippen molar-refractivity contribution in [1.29, 1.82) is 0 Å². The van der Waals surface area contributed by atoms with Crippen LogP contribution in [0.1, 0.15) is 18.9 Å². The molecule has 1 aromatic carbocycles. The lowest BCUT2D eigenvalue weighted by Crippen LogP contribution is -2.61. The van der Waals surface area contributed by atoms with Crippen LogP contribution in [0.3, 0.4) is 0 Å². The number of carbonyl (C=O) groups is 2. The average molecular weight is 523 g/mol. The van der Waals surface area contributed by atoms with Crippen LogP contribution in [0.5, 0.6) is 5.75 Å². The van der Waals surface area contributed by atoms with Crippen LogP contribution in [-0.4, -0.2) is 98.2 Å². The van der Waals surface area contributed by atoms with Gasteiger partial charge in [0.05, 0.1) is 24.4 Å². The molecule has 0 bridgehead atoms. The van der Waals surface area contributed by atoms with Crippen molar-refractivity contribution in [3.05, 3.63) is 47.7 Å². The highest BCUT2D eigenvalue weighted by atomic mass is 16.8. The lowest BCUT2D eigenvalue weighted by molar-refractivity contribution is -0.346. The van der Waals surface area contributed by atoms with Crippen molar-refractivity contribution < 1.29 is 59.2 Å². The number of phenols is 1. The third kappa shape index (κ3) is 5.27. The highest BCUT2D eigenvalue weighted by molar-refractivity contribution is 5.87. The predicted molar refractivity (Wildman–Crippen MR) is 123 cm³/mol. The Morgan fingerprint density at radius 2 is 1.84 bits per heavy atom. The first kappa shape index (κ1) is 27.2. The molecule has 0 spiro atoms. The molecule has 10 unspecified atom stereocenters. The van der Waals surface area contributed by atoms with Gasteiger partial charge in [0.2, 0.25) is 6.29 Å². The lowest BCUT2D eigenvalue weighted by Gasteiger charge is -2.44. The molecule has 3 aliphatic rings. The van der Waals surface area contributed by atoms with Gasteiger partial charge in [0.1, 0.15) is 41.9 Å². The van der Waals surface area contributed by atoms with Crippen LogP contribution < -0.4 is 0 Å². The summed E-state index contributed by atoms with van der Waals surface area (Å²) in [5, 5.41) is 60.7. The second kappa shape index (κ2) is 10.9. The summed E-state index contributed by atoms with van der Waals surface area (Å²) in [4.78, 5) is 24.2. The van der Waals surface area contributed by atoms with Crippen molar-refractivity contribution in [2.45, 2.75) is 62.0 Å². The Morgan fingerprint density at radius 3 is 2.49 bits per heavy atom. The van der Waals surface area contributed by atoms with E-state index in [-0.39, 0.29) is 17.7 Å². The number of benzene rings is 1. The molecule has 37 heavy (non-hydrogen) atoms. The van der Waals surface area contributed by atoms with Gasteiger partial charge in [-0.1, -0.05) is 19.1 Å². The molecule has 1 saturated carbocycles. The van der Waals surface area contributed by atoms with E-state index in [0.717, 1.165) is 6.26 Å². The summed E-state index contributed by atoms with van der Waals surface area (Å²) in [6, 6.07) is 6.14. The largest absolute Gasteiger partial charge is 0.508 e. The van der Waals surface area contributed by atoms with Crippen molar-refractivity contribution >= 4 is 18.3 Å². The van der Waals surface area contributed by atoms with Crippen LogP contribution in [-0.2, 0) is 28.5 Å². The van der Waals surface area contributed by atoms with E-state index in [4.69, 9.17) is 18.9 Å². The van der Waals surface area contributed by atoms with E-state index >= 15 is 0 Å². The van der Waals surface area contributed by atoms with E-state index in [9.17, 15) is 40.2 Å². The van der Waals surface area contributed by atoms with E-state index in [1.165, 1.54) is 24.3 Å². The minimum atomic E-state index is -1.80. The highest BCUT2D eigenvalue weighted by Crippen LogP contribution is 2.50. The zero-order valence-corrected chi connectivity index (χ0v) is 19.9. The van der Waals surface area contributed by atoms with Crippen LogP contribution in [0, 0.1) is 11.8 Å². The topological polar surface area (TPSA) is 192 Å². The summed E-state index contributed by atoms with van der Waals surface area (Å²) in [7, 11) is 0. The number of ether oxygens (including phenoxy) is 4. The molecule has 2 fully saturated rings. The first-order chi connectivity index (χ1) is 17.6. The van der Waals surface area contributed by atoms with Crippen LogP contribution >= 0.6 is 0 Å². The standard InChI is InChI=1S/C25H30O12/c1-12-16(35-18(29)7-4-13-2-5-15(28)6-3-13)8-25(33)14(9-26)11-34-23(19(12)25)37-24-22(32)21(31)20(30)17(10-27)36-24/h2-7,9,11-12,16-17,19-24,27-28,30-33H,8,10H2,1H3. The van der Waals surface area contributed by atoms with Gasteiger partial charge >= 0.3 is 5.97 Å². The van der Waals surface area contributed by atoms with Crippen molar-refractivity contribution in [2.24, 2.45) is 11.8 Å². The zero-order chi connectivity index (χ0) is 26.9. The molecule has 202 valence electrons. The number of aliphatic hydroxyl groups excluding tert-OH is 4. The van der Waals surface area contributed by atoms with Gasteiger partial charge in [-0.3, -0.25) is 4.79 Å². The number of aldehydes is 1. The maximum absolute atomic E-state index is 12.5. The van der Waals surface area contributed by atoms with Crippen molar-refractivity contribution in [1.82, 2.24) is 0 Å². The molecular formula is C25H30O12. The number of aromatic hydroxyl groups is 1. The smallest absolute Gasteiger partial charge is 0.331 e. The maximum atomic E-state index is 12.5. The fourth-order valence-corrected chi connectivity index (χ4v) is 5.05. The van der Waals surface area contributed by atoms with E-state index in [2.05, 4.69) is 0 Å². The molecule has 10 atom stereocenters. The summed E-state index contributed by atoms with van der Waals surface area (Å²) in [6.45, 7) is 1.01. The van der Waals surface area contributed by atoms with Gasteiger partial charge in [-0.2, -0.15) is 0 Å². The third-order valence-corrected chi connectivity index (χ3v) is 7.16. The second-order valence-electron chi connectivity index (χ2n) is 9.44. The van der Waals surface area contributed by atoms with E-state index in [0.29, 0.717) is 11.8 Å². The summed E-state index contributed by atoms with van der Waals surface area (Å²) in [5.74, 6) is -2.17. The number of esters is 1. The second-order valence-corrected chi connectivity index (χ2v) is 9.44. The van der Waals surface area contributed by atoms with Crippen molar-refractivity contribution in [3.8, 4) is 5.75 Å². The van der Waals surface area contributed by atoms with Crippen LogP contribution in [0.25, 0.3) is 6.08 Å². The Labute approximate surface area is 212 Å². The molecule has 2 heterocycles. The lowest BCUT2D eigenvalue weighted by atomic mass is 9.79. The van der Waals surface area contributed by atoms with Crippen molar-refractivity contribution in [3.63, 3.8) is 0 Å². The number of aliphatic hydroxyl groups is 5. The first-order valence-electron chi connectivity index (χ1n) is 11.8. The Hall–Kier alpha value is -2.84. The molecule has 1 saturated heterocycles. The fourth-order valence-electron chi connectivity index (χ4n) is 5.05. The number of rotatable bonds is 7. The summed E-state index contributed by atoms with van der Waals surface area (Å²) in [6.07, 6.45) is -5.91. The van der Waals surface area contributed by atoms with E-state index in [1.807, 2.05) is 0 Å². The Balaban J connectivity index is 1.50. The number of carbonyl (C=O) groups excluding carboxylic acids is 2. The summed E-state index contributed by atoms with van der Waals surface area (Å²) < 4.78 is 22.2. The van der Waals surface area contributed by atoms with Gasteiger partial charge in [-0.25, -0.2) is 4.79 Å². The van der Waals surface area contributed by atoms with Crippen LogP contribution in [0.4, 0.5) is 0 Å². The Kier molecular flexibility index (Phi) is 7.99. The summed E-state index contributed by atoms with van der Waals surface area (Å²) in [5.41, 5.74) is -1.24. The SMILES string of the molecule is CC1C(OC(=O)C=Cc2ccc(O)cc2)CC2(O)C(C=O)=COC(OC3OC(CO)C(O)C(O)C3O)C12. The van der Waals surface area contributed by atoms with Gasteiger partial charge in [0.15, 0.2) is 12.6 Å². The van der Waals surface area contributed by atoms with Crippen LogP contribution in [0.2, 0.25) is 0 Å². The maximum Gasteiger partial charge on any atom is 0.331 e. The van der Waals surface area contributed by atoms with Crippen molar-refractivity contribution in [2.75, 3.05) is 6.61 Å². The Morgan fingerprint density at radius 1 is 1.14 bits per heavy atom. The quantitative estimate of drug-likeness (QED) is 0.145. The molecular weight excluding hydrogens is 492 g/mol. The van der Waals surface area contributed by atoms with Gasteiger partial charge in [-0.15, -0.1) is 0 Å². The molecule has 0 amide bonds. The minimum absolute atomic E-state index is 0.0806. The molecule has 1 aromatic rings. The van der Waals surface area contributed by atoms with Crippen LogP contribution in [0.15, 0.2) is 42.2 Å². The molecule has 12 heteroatoms. The van der Waals surface area contributed by atoms with E-state index < -0.39 is 73.1 Å². The monoisotopic (exact) mass is 522 g/mol. The molecule has 6 N–H and O–H groups in total. The molecule has 12 nitrogen and oxygen atoms in total. The number of hydrogen-bond acceptors (Lipinski definition) is 12. The molecule has 0 radical (unpaired) electrons. The minimum Gasteiger partial charge on any atom is -0.508 e. The van der Waals surface area contributed by atoms with Gasteiger partial charge in [0, 0.05) is 18.4 Å². The molecule has 2 aliphatic heterocycles. The number of fused-ring (bicyclic) bond motifs is 1. The first-order valence-corrected chi connectivity index (χ1v) is 11.8. The molecule has 0 aromatic heterocycles. The molecule has 4 rings (SSSR count). The summed E-state index contributed by atoms with van der Waals surface area (Å²) >= 11 is 0. The van der Waals surface area contributed by atoms with Gasteiger partial charge in [-0.05, 0) is 23.8 Å². The Bertz CT molecular complexity index is 1040. The van der Waals surface area contributed by atoms with Gasteiger partial charge in [0.25, 0.3) is 0 Å².